The molecule has 0 amide bonds. The van der Waals surface area contributed by atoms with Crippen molar-refractivity contribution in [2.24, 2.45) is 0 Å². The van der Waals surface area contributed by atoms with Gasteiger partial charge in [0.15, 0.2) is 0 Å². The number of nitrogens with zero attached hydrogens (tertiary/aromatic N) is 4. The highest BCUT2D eigenvalue weighted by atomic mass is 15.1. The van der Waals surface area contributed by atoms with Crippen LogP contribution in [0.1, 0.15) is 0 Å². The Kier molecular flexibility index (Phi) is 9.47. The topological polar surface area (TPSA) is 16.3 Å². The fourth-order valence-corrected chi connectivity index (χ4v) is 10.5. The smallest absolute Gasteiger partial charge is 0.0789 e. The second kappa shape index (κ2) is 16.4. The minimum absolute atomic E-state index is 1.09. The van der Waals surface area contributed by atoms with Crippen LogP contribution in [0.2, 0.25) is 0 Å². The number of benzene rings is 11. The second-order valence-electron chi connectivity index (χ2n) is 17.3. The first-order chi connectivity index (χ1) is 33.8. The number of fused-ring (bicyclic) bond motifs is 9. The molecule has 0 saturated carbocycles. The van der Waals surface area contributed by atoms with Gasteiger partial charge in [0.05, 0.1) is 22.1 Å². The van der Waals surface area contributed by atoms with Crippen LogP contribution in [0.15, 0.2) is 267 Å². The second-order valence-corrected chi connectivity index (χ2v) is 17.3. The van der Waals surface area contributed by atoms with Gasteiger partial charge in [-0.25, -0.2) is 0 Å². The SMILES string of the molecule is c1ccc(N(c2ccccc2)c2ccc(-c3cc4c(c5ccccc35)c3ccc5c6ccc(N(c7ccccc7)c7ccccc7)cc6n(-c6ccccc6)c5c3n4-c3ccccc3)cc2)cc1. The molecule has 0 N–H and O–H groups in total. The van der Waals surface area contributed by atoms with Crippen molar-refractivity contribution in [2.45, 2.75) is 0 Å². The number of aromatic nitrogens is 2. The molecule has 0 aliphatic heterocycles. The number of para-hydroxylation sites is 6. The average Bonchev–Trinajstić information content (AvgIpc) is 3.93. The lowest BCUT2D eigenvalue weighted by atomic mass is 9.94. The van der Waals surface area contributed by atoms with Gasteiger partial charge in [-0.1, -0.05) is 164 Å². The molecule has 0 aliphatic carbocycles. The Labute approximate surface area is 395 Å². The zero-order valence-electron chi connectivity index (χ0n) is 37.2. The van der Waals surface area contributed by atoms with Crippen molar-refractivity contribution in [3.05, 3.63) is 267 Å². The minimum atomic E-state index is 1.09. The van der Waals surface area contributed by atoms with E-state index in [1.54, 1.807) is 0 Å². The predicted octanol–water partition coefficient (Wildman–Crippen LogP) is 17.6. The maximum atomic E-state index is 2.52. The summed E-state index contributed by atoms with van der Waals surface area (Å²) < 4.78 is 5.01. The van der Waals surface area contributed by atoms with Crippen LogP contribution in [0.25, 0.3) is 76.9 Å². The van der Waals surface area contributed by atoms with Crippen molar-refractivity contribution in [3.8, 4) is 22.5 Å². The third-order valence-electron chi connectivity index (χ3n) is 13.4. The molecule has 13 rings (SSSR count). The Morgan fingerprint density at radius 3 is 1.16 bits per heavy atom. The zero-order chi connectivity index (χ0) is 45.0. The fourth-order valence-electron chi connectivity index (χ4n) is 10.5. The van der Waals surface area contributed by atoms with Gasteiger partial charge in [-0.3, -0.25) is 0 Å². The van der Waals surface area contributed by atoms with Crippen LogP contribution in [-0.2, 0) is 0 Å². The van der Waals surface area contributed by atoms with Gasteiger partial charge >= 0.3 is 0 Å². The molecular formula is C64H44N4. The summed E-state index contributed by atoms with van der Waals surface area (Å²) >= 11 is 0. The third kappa shape index (κ3) is 6.45. The fraction of sp³-hybridized carbons (Fsp3) is 0. The molecule has 0 fully saturated rings. The lowest BCUT2D eigenvalue weighted by Crippen LogP contribution is -2.09. The summed E-state index contributed by atoms with van der Waals surface area (Å²) in [6, 6.07) is 96.5. The van der Waals surface area contributed by atoms with E-state index in [1.165, 1.54) is 48.9 Å². The lowest BCUT2D eigenvalue weighted by molar-refractivity contribution is 1.15. The average molecular weight is 869 g/mol. The minimum Gasteiger partial charge on any atom is -0.311 e. The first-order valence-electron chi connectivity index (χ1n) is 23.3. The molecule has 320 valence electrons. The van der Waals surface area contributed by atoms with E-state index in [0.717, 1.165) is 62.1 Å². The lowest BCUT2D eigenvalue weighted by Gasteiger charge is -2.25. The molecule has 0 atom stereocenters. The van der Waals surface area contributed by atoms with Gasteiger partial charge < -0.3 is 18.9 Å². The largest absolute Gasteiger partial charge is 0.311 e. The third-order valence-corrected chi connectivity index (χ3v) is 13.4. The Morgan fingerprint density at radius 1 is 0.250 bits per heavy atom. The Bertz CT molecular complexity index is 3840. The Balaban J connectivity index is 1.09. The van der Waals surface area contributed by atoms with Crippen molar-refractivity contribution in [2.75, 3.05) is 9.80 Å². The van der Waals surface area contributed by atoms with Crippen molar-refractivity contribution in [3.63, 3.8) is 0 Å². The van der Waals surface area contributed by atoms with E-state index >= 15 is 0 Å². The summed E-state index contributed by atoms with van der Waals surface area (Å²) in [6.45, 7) is 0. The van der Waals surface area contributed by atoms with Crippen molar-refractivity contribution < 1.29 is 0 Å². The molecule has 0 radical (unpaired) electrons. The van der Waals surface area contributed by atoms with E-state index in [4.69, 9.17) is 0 Å². The van der Waals surface area contributed by atoms with Gasteiger partial charge in [0.25, 0.3) is 0 Å². The number of anilines is 6. The van der Waals surface area contributed by atoms with Gasteiger partial charge in [0.2, 0.25) is 0 Å². The normalized spacial score (nSPS) is 11.5. The molecule has 68 heavy (non-hydrogen) atoms. The van der Waals surface area contributed by atoms with Crippen LogP contribution in [0.5, 0.6) is 0 Å². The Hall–Kier alpha value is -9.12. The zero-order valence-corrected chi connectivity index (χ0v) is 37.2. The molecule has 11 aromatic carbocycles. The molecule has 4 heteroatoms. The van der Waals surface area contributed by atoms with Gasteiger partial charge in [-0.2, -0.15) is 0 Å². The van der Waals surface area contributed by atoms with Crippen LogP contribution in [0.3, 0.4) is 0 Å². The summed E-state index contributed by atoms with van der Waals surface area (Å²) in [5.41, 5.74) is 15.9. The number of hydrogen-bond acceptors (Lipinski definition) is 2. The molecule has 0 saturated heterocycles. The summed E-state index contributed by atoms with van der Waals surface area (Å²) in [4.78, 5) is 4.67. The van der Waals surface area contributed by atoms with Crippen LogP contribution < -0.4 is 9.80 Å². The van der Waals surface area contributed by atoms with Gasteiger partial charge in [0.1, 0.15) is 0 Å². The van der Waals surface area contributed by atoms with Crippen LogP contribution >= 0.6 is 0 Å². The summed E-state index contributed by atoms with van der Waals surface area (Å²) in [7, 11) is 0. The predicted molar refractivity (Wildman–Crippen MR) is 287 cm³/mol. The van der Waals surface area contributed by atoms with Crippen LogP contribution in [0, 0.1) is 0 Å². The molecule has 2 heterocycles. The molecule has 0 spiro atoms. The van der Waals surface area contributed by atoms with Gasteiger partial charge in [-0.05, 0) is 125 Å². The van der Waals surface area contributed by atoms with E-state index in [0.29, 0.717) is 0 Å². The molecule has 0 unspecified atom stereocenters. The Morgan fingerprint density at radius 2 is 0.632 bits per heavy atom. The quantitative estimate of drug-likeness (QED) is 0.144. The van der Waals surface area contributed by atoms with Crippen LogP contribution in [0.4, 0.5) is 34.1 Å². The molecular weight excluding hydrogens is 825 g/mol. The summed E-state index contributed by atoms with van der Waals surface area (Å²) in [6.07, 6.45) is 0. The van der Waals surface area contributed by atoms with E-state index in [1.807, 2.05) is 0 Å². The molecule has 0 bridgehead atoms. The highest BCUT2D eigenvalue weighted by Gasteiger charge is 2.25. The van der Waals surface area contributed by atoms with Crippen molar-refractivity contribution in [1.82, 2.24) is 9.13 Å². The van der Waals surface area contributed by atoms with E-state index in [-0.39, 0.29) is 0 Å². The number of rotatable bonds is 9. The number of hydrogen-bond donors (Lipinski definition) is 0. The molecule has 0 aliphatic rings. The first-order valence-corrected chi connectivity index (χ1v) is 23.3. The first kappa shape index (κ1) is 39.3. The van der Waals surface area contributed by atoms with Gasteiger partial charge in [0, 0.05) is 67.0 Å². The highest BCUT2D eigenvalue weighted by molar-refractivity contribution is 6.30. The standard InChI is InChI=1S/C64H44N4/c1-7-21-46(22-8-1)65(47-23-9-2-10-24-47)52-37-35-45(36-38-52)59-44-61-62(56-34-20-19-33-54(56)59)58-42-41-57-55-40-39-53(66(48-25-11-3-12-26-48)49-27-13-4-14-28-49)43-60(55)67(50-29-15-5-16-30-50)63(57)64(58)68(61)51-31-17-6-18-32-51/h1-44H. The van der Waals surface area contributed by atoms with E-state index in [9.17, 15) is 0 Å². The maximum absolute atomic E-state index is 2.52. The van der Waals surface area contributed by atoms with Crippen molar-refractivity contribution >= 4 is 88.5 Å². The van der Waals surface area contributed by atoms with E-state index < -0.39 is 0 Å². The van der Waals surface area contributed by atoms with Gasteiger partial charge in [-0.15, -0.1) is 0 Å². The summed E-state index contributed by atoms with van der Waals surface area (Å²) in [5.74, 6) is 0. The summed E-state index contributed by atoms with van der Waals surface area (Å²) in [5, 5.41) is 7.31. The molecule has 13 aromatic rings. The monoisotopic (exact) mass is 868 g/mol. The molecule has 2 aromatic heterocycles. The van der Waals surface area contributed by atoms with Crippen LogP contribution in [-0.4, -0.2) is 9.13 Å². The maximum Gasteiger partial charge on any atom is 0.0789 e. The van der Waals surface area contributed by atoms with Crippen molar-refractivity contribution in [1.29, 1.82) is 0 Å². The van der Waals surface area contributed by atoms with E-state index in [2.05, 4.69) is 286 Å². The highest BCUT2D eigenvalue weighted by Crippen LogP contribution is 2.47. The molecule has 4 nitrogen and oxygen atoms in total.